The Labute approximate surface area is 126 Å². The van der Waals surface area contributed by atoms with Gasteiger partial charge in [-0.3, -0.25) is 0 Å². The second-order valence-electron chi connectivity index (χ2n) is 6.90. The molecule has 2 aromatic rings. The summed E-state index contributed by atoms with van der Waals surface area (Å²) >= 11 is 0. The Morgan fingerprint density at radius 3 is 2.81 bits per heavy atom. The van der Waals surface area contributed by atoms with E-state index in [1.54, 1.807) is 0 Å². The summed E-state index contributed by atoms with van der Waals surface area (Å²) in [7, 11) is 0. The number of aromatic nitrogens is 1. The number of fused-ring (bicyclic) bond motifs is 1. The molecule has 1 aliphatic rings. The molecule has 1 aromatic carbocycles. The fourth-order valence-electron chi connectivity index (χ4n) is 3.73. The fraction of sp³-hybridized carbons (Fsp3) is 0.588. The molecule has 1 fully saturated rings. The van der Waals surface area contributed by atoms with Crippen LogP contribution in [0.25, 0.3) is 11.1 Å². The van der Waals surface area contributed by atoms with Crippen LogP contribution in [0.15, 0.2) is 22.6 Å². The van der Waals surface area contributed by atoms with Crippen molar-refractivity contribution >= 4 is 22.8 Å². The molecular formula is C17H25N3O. The minimum absolute atomic E-state index is 0.411. The molecule has 0 aliphatic heterocycles. The van der Waals surface area contributed by atoms with E-state index in [2.05, 4.69) is 24.1 Å². The topological polar surface area (TPSA) is 64.1 Å². The number of nitrogens with one attached hydrogen (secondary N) is 1. The summed E-state index contributed by atoms with van der Waals surface area (Å²) in [6.45, 7) is 5.57. The summed E-state index contributed by atoms with van der Waals surface area (Å²) in [5, 5.41) is 3.42. The van der Waals surface area contributed by atoms with Crippen LogP contribution in [-0.4, -0.2) is 11.5 Å². The molecule has 4 nitrogen and oxygen atoms in total. The highest BCUT2D eigenvalue weighted by atomic mass is 16.4. The number of anilines is 2. The first-order valence-corrected chi connectivity index (χ1v) is 7.96. The van der Waals surface area contributed by atoms with Gasteiger partial charge in [-0.15, -0.1) is 0 Å². The predicted octanol–water partition coefficient (Wildman–Crippen LogP) is 4.43. The molecule has 0 bridgehead atoms. The van der Waals surface area contributed by atoms with Crippen LogP contribution in [0.4, 0.5) is 11.7 Å². The average Bonchev–Trinajstić information content (AvgIpc) is 3.02. The number of oxazole rings is 1. The van der Waals surface area contributed by atoms with E-state index in [0.717, 1.165) is 29.2 Å². The first-order valence-electron chi connectivity index (χ1n) is 7.96. The molecule has 4 heteroatoms. The summed E-state index contributed by atoms with van der Waals surface area (Å²) in [6.07, 6.45) is 6.58. The van der Waals surface area contributed by atoms with Crippen molar-refractivity contribution in [3.63, 3.8) is 0 Å². The second kappa shape index (κ2) is 5.58. The van der Waals surface area contributed by atoms with Crippen molar-refractivity contribution in [2.45, 2.75) is 46.0 Å². The zero-order valence-electron chi connectivity index (χ0n) is 13.0. The first kappa shape index (κ1) is 14.2. The maximum absolute atomic E-state index is 5.78. The van der Waals surface area contributed by atoms with Crippen LogP contribution in [0.5, 0.6) is 0 Å². The normalized spacial score (nSPS) is 17.7. The molecule has 0 radical (unpaired) electrons. The first-order chi connectivity index (χ1) is 10.1. The van der Waals surface area contributed by atoms with E-state index in [-0.39, 0.29) is 0 Å². The van der Waals surface area contributed by atoms with Crippen molar-refractivity contribution in [2.75, 3.05) is 17.6 Å². The smallest absolute Gasteiger partial charge is 0.295 e. The van der Waals surface area contributed by atoms with E-state index >= 15 is 0 Å². The molecule has 1 saturated carbocycles. The van der Waals surface area contributed by atoms with Gasteiger partial charge in [-0.1, -0.05) is 26.7 Å². The molecule has 0 spiro atoms. The lowest BCUT2D eigenvalue weighted by Crippen LogP contribution is -2.28. The fourth-order valence-corrected chi connectivity index (χ4v) is 3.73. The largest absolute Gasteiger partial charge is 0.424 e. The summed E-state index contributed by atoms with van der Waals surface area (Å²) in [6, 6.07) is 6.19. The van der Waals surface area contributed by atoms with Gasteiger partial charge in [0.15, 0.2) is 5.58 Å². The predicted molar refractivity (Wildman–Crippen MR) is 87.3 cm³/mol. The summed E-state index contributed by atoms with van der Waals surface area (Å²) in [5.41, 5.74) is 8.52. The Bertz CT molecular complexity index is 612. The minimum Gasteiger partial charge on any atom is -0.424 e. The Morgan fingerprint density at radius 2 is 2.10 bits per heavy atom. The van der Waals surface area contributed by atoms with Crippen molar-refractivity contribution < 1.29 is 4.42 Å². The number of nitrogen functional groups attached to an aromatic ring is 1. The van der Waals surface area contributed by atoms with Gasteiger partial charge in [0.25, 0.3) is 6.01 Å². The summed E-state index contributed by atoms with van der Waals surface area (Å²) < 4.78 is 5.76. The lowest BCUT2D eigenvalue weighted by molar-refractivity contribution is 0.251. The lowest BCUT2D eigenvalue weighted by Gasteiger charge is -2.30. The van der Waals surface area contributed by atoms with Crippen LogP contribution in [0.3, 0.4) is 0 Å². The Balaban J connectivity index is 1.72. The van der Waals surface area contributed by atoms with E-state index in [1.165, 1.54) is 32.1 Å². The maximum Gasteiger partial charge on any atom is 0.295 e. The molecule has 1 heterocycles. The van der Waals surface area contributed by atoms with Crippen molar-refractivity contribution in [2.24, 2.45) is 11.3 Å². The van der Waals surface area contributed by atoms with Crippen LogP contribution >= 0.6 is 0 Å². The molecule has 0 atom stereocenters. The molecule has 0 unspecified atom stereocenters. The zero-order chi connectivity index (χ0) is 14.9. The van der Waals surface area contributed by atoms with Crippen molar-refractivity contribution in [3.8, 4) is 0 Å². The van der Waals surface area contributed by atoms with E-state index in [1.807, 2.05) is 18.2 Å². The third-order valence-electron chi connectivity index (χ3n) is 4.53. The number of benzene rings is 1. The average molecular weight is 287 g/mol. The van der Waals surface area contributed by atoms with E-state index < -0.39 is 0 Å². The molecule has 114 valence electrons. The summed E-state index contributed by atoms with van der Waals surface area (Å²) in [5.74, 6) is 0.730. The van der Waals surface area contributed by atoms with Crippen molar-refractivity contribution in [3.05, 3.63) is 18.2 Å². The van der Waals surface area contributed by atoms with Gasteiger partial charge in [0.1, 0.15) is 5.52 Å². The third kappa shape index (κ3) is 3.14. The van der Waals surface area contributed by atoms with E-state index in [9.17, 15) is 0 Å². The van der Waals surface area contributed by atoms with Crippen LogP contribution in [0, 0.1) is 11.3 Å². The molecule has 3 N–H and O–H groups in total. The highest BCUT2D eigenvalue weighted by Crippen LogP contribution is 2.43. The molecule has 0 saturated heterocycles. The quantitative estimate of drug-likeness (QED) is 0.798. The van der Waals surface area contributed by atoms with Gasteiger partial charge >= 0.3 is 0 Å². The molecule has 1 aliphatic carbocycles. The van der Waals surface area contributed by atoms with Gasteiger partial charge in [0.2, 0.25) is 0 Å². The Hall–Kier alpha value is -1.71. The minimum atomic E-state index is 0.411. The number of nitrogens with two attached hydrogens (primary N) is 1. The monoisotopic (exact) mass is 287 g/mol. The van der Waals surface area contributed by atoms with Gasteiger partial charge in [0, 0.05) is 12.2 Å². The number of hydrogen-bond acceptors (Lipinski definition) is 4. The van der Waals surface area contributed by atoms with Gasteiger partial charge in [-0.05, 0) is 48.8 Å². The molecule has 1 aromatic heterocycles. The number of hydrogen-bond donors (Lipinski definition) is 2. The molecule has 21 heavy (non-hydrogen) atoms. The van der Waals surface area contributed by atoms with Crippen LogP contribution < -0.4 is 11.1 Å². The summed E-state index contributed by atoms with van der Waals surface area (Å²) in [4.78, 5) is 4.49. The number of nitrogens with zero attached hydrogens (tertiary/aromatic N) is 1. The van der Waals surface area contributed by atoms with Gasteiger partial charge < -0.3 is 15.5 Å². The van der Waals surface area contributed by atoms with E-state index in [0.29, 0.717) is 11.4 Å². The maximum atomic E-state index is 5.78. The third-order valence-corrected chi connectivity index (χ3v) is 4.53. The Kier molecular flexibility index (Phi) is 3.79. The highest BCUT2D eigenvalue weighted by Gasteiger charge is 2.34. The molecule has 3 rings (SSSR count). The molecule has 0 amide bonds. The van der Waals surface area contributed by atoms with Crippen molar-refractivity contribution in [1.29, 1.82) is 0 Å². The molecular weight excluding hydrogens is 262 g/mol. The number of rotatable bonds is 5. The SMILES string of the molecule is CC(C)CC1(CNc2nc3cc(N)ccc3o2)CCCC1. The van der Waals surface area contributed by atoms with Gasteiger partial charge in [-0.25, -0.2) is 0 Å². The highest BCUT2D eigenvalue weighted by molar-refractivity contribution is 5.78. The second-order valence-corrected chi connectivity index (χ2v) is 6.90. The van der Waals surface area contributed by atoms with Gasteiger partial charge in [0.05, 0.1) is 0 Å². The van der Waals surface area contributed by atoms with Gasteiger partial charge in [-0.2, -0.15) is 4.98 Å². The van der Waals surface area contributed by atoms with Crippen LogP contribution in [0.2, 0.25) is 0 Å². The zero-order valence-corrected chi connectivity index (χ0v) is 13.0. The van der Waals surface area contributed by atoms with E-state index in [4.69, 9.17) is 10.2 Å². The van der Waals surface area contributed by atoms with Crippen LogP contribution in [-0.2, 0) is 0 Å². The standard InChI is InChI=1S/C17H25N3O/c1-12(2)10-17(7-3-4-8-17)11-19-16-20-14-9-13(18)5-6-15(14)21-16/h5-6,9,12H,3-4,7-8,10-11,18H2,1-2H3,(H,19,20). The Morgan fingerprint density at radius 1 is 1.33 bits per heavy atom. The lowest BCUT2D eigenvalue weighted by atomic mass is 9.78. The van der Waals surface area contributed by atoms with Crippen molar-refractivity contribution in [1.82, 2.24) is 4.98 Å². The van der Waals surface area contributed by atoms with Crippen LogP contribution in [0.1, 0.15) is 46.0 Å².